The van der Waals surface area contributed by atoms with E-state index in [2.05, 4.69) is 27.8 Å². The Morgan fingerprint density at radius 1 is 1.31 bits per heavy atom. The lowest BCUT2D eigenvalue weighted by molar-refractivity contribution is 0.599. The Labute approximate surface area is 105 Å². The van der Waals surface area contributed by atoms with Crippen LogP contribution in [0, 0.1) is 13.8 Å². The molecule has 0 saturated carbocycles. The summed E-state index contributed by atoms with van der Waals surface area (Å²) in [6.07, 6.45) is 3.06. The minimum absolute atomic E-state index is 0.321. The molecule has 1 heterocycles. The SMILES string of the molecule is CCCc1c(C)nc(Br)c(S(C)(=O)=O)c1C. The Bertz CT molecular complexity index is 509. The summed E-state index contributed by atoms with van der Waals surface area (Å²) in [4.78, 5) is 4.58. The van der Waals surface area contributed by atoms with Gasteiger partial charge in [-0.2, -0.15) is 0 Å². The Hall–Kier alpha value is -0.420. The lowest BCUT2D eigenvalue weighted by Gasteiger charge is -2.13. The number of aryl methyl sites for hydroxylation is 1. The van der Waals surface area contributed by atoms with Gasteiger partial charge in [-0.3, -0.25) is 0 Å². The highest BCUT2D eigenvalue weighted by Crippen LogP contribution is 2.28. The third-order valence-electron chi connectivity index (χ3n) is 2.55. The first-order valence-electron chi connectivity index (χ1n) is 5.14. The lowest BCUT2D eigenvalue weighted by Crippen LogP contribution is -2.08. The van der Waals surface area contributed by atoms with Crippen LogP contribution < -0.4 is 0 Å². The van der Waals surface area contributed by atoms with Crippen molar-refractivity contribution in [3.05, 3.63) is 21.4 Å². The van der Waals surface area contributed by atoms with Gasteiger partial charge in [0.1, 0.15) is 9.50 Å². The van der Waals surface area contributed by atoms with Gasteiger partial charge < -0.3 is 0 Å². The van der Waals surface area contributed by atoms with E-state index in [1.54, 1.807) is 0 Å². The van der Waals surface area contributed by atoms with Gasteiger partial charge in [-0.25, -0.2) is 13.4 Å². The van der Waals surface area contributed by atoms with Crippen LogP contribution in [0.25, 0.3) is 0 Å². The summed E-state index contributed by atoms with van der Waals surface area (Å²) in [5.41, 5.74) is 2.77. The zero-order valence-electron chi connectivity index (χ0n) is 9.96. The molecule has 3 nitrogen and oxygen atoms in total. The normalized spacial score (nSPS) is 11.8. The van der Waals surface area contributed by atoms with Crippen molar-refractivity contribution in [2.75, 3.05) is 6.26 Å². The van der Waals surface area contributed by atoms with Crippen molar-refractivity contribution < 1.29 is 8.42 Å². The number of hydrogen-bond donors (Lipinski definition) is 0. The molecule has 0 bridgehead atoms. The maximum Gasteiger partial charge on any atom is 0.178 e. The molecule has 0 atom stereocenters. The highest BCUT2D eigenvalue weighted by Gasteiger charge is 2.20. The molecule has 0 spiro atoms. The maximum absolute atomic E-state index is 11.7. The number of halogens is 1. The van der Waals surface area contributed by atoms with Crippen LogP contribution in [-0.2, 0) is 16.3 Å². The van der Waals surface area contributed by atoms with E-state index < -0.39 is 9.84 Å². The van der Waals surface area contributed by atoms with Crippen LogP contribution in [0.5, 0.6) is 0 Å². The lowest BCUT2D eigenvalue weighted by atomic mass is 10.0. The maximum atomic E-state index is 11.7. The van der Waals surface area contributed by atoms with Gasteiger partial charge in [-0.1, -0.05) is 13.3 Å². The average Bonchev–Trinajstić information content (AvgIpc) is 2.09. The number of nitrogens with zero attached hydrogens (tertiary/aromatic N) is 1. The molecule has 0 saturated heterocycles. The third kappa shape index (κ3) is 2.63. The molecule has 0 aliphatic heterocycles. The van der Waals surface area contributed by atoms with Crippen molar-refractivity contribution >= 4 is 25.8 Å². The van der Waals surface area contributed by atoms with Crippen LogP contribution in [0.15, 0.2) is 9.50 Å². The Balaban J connectivity index is 3.58. The van der Waals surface area contributed by atoms with Gasteiger partial charge in [0.05, 0.1) is 0 Å². The summed E-state index contributed by atoms with van der Waals surface area (Å²) in [5, 5.41) is 0. The molecule has 1 rings (SSSR count). The summed E-state index contributed by atoms with van der Waals surface area (Å²) >= 11 is 3.23. The fourth-order valence-corrected chi connectivity index (χ4v) is 4.35. The molecule has 0 radical (unpaired) electrons. The molecule has 1 aromatic heterocycles. The molecule has 0 unspecified atom stereocenters. The van der Waals surface area contributed by atoms with Crippen molar-refractivity contribution in [3.63, 3.8) is 0 Å². The summed E-state index contributed by atoms with van der Waals surface area (Å²) in [6, 6.07) is 0. The molecule has 0 amide bonds. The number of hydrogen-bond acceptors (Lipinski definition) is 3. The smallest absolute Gasteiger partial charge is 0.178 e. The van der Waals surface area contributed by atoms with Crippen LogP contribution in [-0.4, -0.2) is 19.7 Å². The largest absolute Gasteiger partial charge is 0.245 e. The van der Waals surface area contributed by atoms with Crippen LogP contribution in [0.3, 0.4) is 0 Å². The summed E-state index contributed by atoms with van der Waals surface area (Å²) in [5.74, 6) is 0. The Kier molecular flexibility index (Phi) is 4.12. The van der Waals surface area contributed by atoms with E-state index in [0.29, 0.717) is 9.50 Å². The van der Waals surface area contributed by atoms with Crippen LogP contribution >= 0.6 is 15.9 Å². The molecule has 0 aromatic carbocycles. The monoisotopic (exact) mass is 305 g/mol. The fourth-order valence-electron chi connectivity index (χ4n) is 1.88. The highest BCUT2D eigenvalue weighted by molar-refractivity contribution is 9.10. The average molecular weight is 306 g/mol. The van der Waals surface area contributed by atoms with Crippen LogP contribution in [0.1, 0.15) is 30.2 Å². The Morgan fingerprint density at radius 2 is 1.88 bits per heavy atom. The Morgan fingerprint density at radius 3 is 2.31 bits per heavy atom. The minimum atomic E-state index is -3.23. The van der Waals surface area contributed by atoms with Gasteiger partial charge in [0.25, 0.3) is 0 Å². The quantitative estimate of drug-likeness (QED) is 0.807. The first-order chi connectivity index (χ1) is 7.29. The second-order valence-electron chi connectivity index (χ2n) is 3.94. The van der Waals surface area contributed by atoms with Crippen molar-refractivity contribution in [3.8, 4) is 0 Å². The van der Waals surface area contributed by atoms with E-state index in [0.717, 1.165) is 29.7 Å². The van der Waals surface area contributed by atoms with Gasteiger partial charge in [-0.05, 0) is 47.3 Å². The summed E-state index contributed by atoms with van der Waals surface area (Å²) in [7, 11) is -3.23. The number of aromatic nitrogens is 1. The second-order valence-corrected chi connectivity index (χ2v) is 6.65. The van der Waals surface area contributed by atoms with Crippen LogP contribution in [0.2, 0.25) is 0 Å². The molecule has 5 heteroatoms. The minimum Gasteiger partial charge on any atom is -0.245 e. The molecule has 0 aliphatic rings. The third-order valence-corrected chi connectivity index (χ3v) is 4.63. The molecular weight excluding hydrogens is 290 g/mol. The molecule has 16 heavy (non-hydrogen) atoms. The predicted octanol–water partition coefficient (Wildman–Crippen LogP) is 2.82. The number of rotatable bonds is 3. The van der Waals surface area contributed by atoms with Gasteiger partial charge in [0, 0.05) is 11.9 Å². The predicted molar refractivity (Wildman–Crippen MR) is 68.5 cm³/mol. The molecular formula is C11H16BrNO2S. The first-order valence-corrected chi connectivity index (χ1v) is 7.83. The zero-order chi connectivity index (χ0) is 12.5. The second kappa shape index (κ2) is 4.84. The summed E-state index contributed by atoms with van der Waals surface area (Å²) < 4.78 is 23.8. The van der Waals surface area contributed by atoms with Crippen molar-refractivity contribution in [2.45, 2.75) is 38.5 Å². The van der Waals surface area contributed by atoms with Gasteiger partial charge in [0.2, 0.25) is 0 Å². The van der Waals surface area contributed by atoms with Gasteiger partial charge in [-0.15, -0.1) is 0 Å². The number of sulfone groups is 1. The van der Waals surface area contributed by atoms with Gasteiger partial charge in [0.15, 0.2) is 9.84 Å². The molecule has 90 valence electrons. The number of pyridine rings is 1. The molecule has 0 N–H and O–H groups in total. The molecule has 0 fully saturated rings. The van der Waals surface area contributed by atoms with E-state index >= 15 is 0 Å². The fraction of sp³-hybridized carbons (Fsp3) is 0.545. The van der Waals surface area contributed by atoms with Crippen molar-refractivity contribution in [2.24, 2.45) is 0 Å². The zero-order valence-corrected chi connectivity index (χ0v) is 12.4. The van der Waals surface area contributed by atoms with Crippen molar-refractivity contribution in [1.29, 1.82) is 0 Å². The van der Waals surface area contributed by atoms with E-state index in [4.69, 9.17) is 0 Å². The van der Waals surface area contributed by atoms with Crippen LogP contribution in [0.4, 0.5) is 0 Å². The molecule has 0 aliphatic carbocycles. The van der Waals surface area contributed by atoms with E-state index in [9.17, 15) is 8.42 Å². The van der Waals surface area contributed by atoms with Gasteiger partial charge >= 0.3 is 0 Å². The molecule has 1 aromatic rings. The van der Waals surface area contributed by atoms with E-state index in [-0.39, 0.29) is 0 Å². The van der Waals surface area contributed by atoms with E-state index in [1.165, 1.54) is 6.26 Å². The van der Waals surface area contributed by atoms with Crippen molar-refractivity contribution in [1.82, 2.24) is 4.98 Å². The highest BCUT2D eigenvalue weighted by atomic mass is 79.9. The first kappa shape index (κ1) is 13.6. The van der Waals surface area contributed by atoms with E-state index in [1.807, 2.05) is 13.8 Å². The summed E-state index contributed by atoms with van der Waals surface area (Å²) in [6.45, 7) is 5.83. The standard InChI is InChI=1S/C11H16BrNO2S/c1-5-6-9-7(2)10(16(4,14)15)11(12)13-8(9)3/h5-6H2,1-4H3. The topological polar surface area (TPSA) is 47.0 Å².